The summed E-state index contributed by atoms with van der Waals surface area (Å²) in [7, 11) is 0. The minimum atomic E-state index is 0.597. The van der Waals surface area contributed by atoms with Gasteiger partial charge in [0.15, 0.2) is 0 Å². The molecule has 0 aromatic heterocycles. The number of benzene rings is 1. The number of nitrogens with one attached hydrogen (secondary N) is 1. The van der Waals surface area contributed by atoms with Gasteiger partial charge in [-0.1, -0.05) is 32.0 Å². The van der Waals surface area contributed by atoms with Crippen molar-refractivity contribution in [3.63, 3.8) is 0 Å². The van der Waals surface area contributed by atoms with Gasteiger partial charge in [-0.05, 0) is 31.0 Å². The fraction of sp³-hybridized carbons (Fsp3) is 0.647. The largest absolute Gasteiger partial charge is 0.313 e. The van der Waals surface area contributed by atoms with E-state index in [1.54, 1.807) is 5.56 Å². The molecule has 3 rings (SSSR count). The minimum absolute atomic E-state index is 0.597. The van der Waals surface area contributed by atoms with Crippen molar-refractivity contribution in [1.82, 2.24) is 10.2 Å². The zero-order chi connectivity index (χ0) is 13.9. The van der Waals surface area contributed by atoms with Crippen molar-refractivity contribution in [3.8, 4) is 0 Å². The lowest BCUT2D eigenvalue weighted by Crippen LogP contribution is -2.41. The van der Waals surface area contributed by atoms with Gasteiger partial charge in [0.25, 0.3) is 0 Å². The van der Waals surface area contributed by atoms with Crippen LogP contribution in [0.5, 0.6) is 0 Å². The molecule has 1 N–H and O–H groups in total. The van der Waals surface area contributed by atoms with E-state index in [0.717, 1.165) is 18.5 Å². The molecule has 20 heavy (non-hydrogen) atoms. The van der Waals surface area contributed by atoms with E-state index in [1.165, 1.54) is 36.6 Å². The fourth-order valence-corrected chi connectivity index (χ4v) is 4.64. The first-order valence-electron chi connectivity index (χ1n) is 7.93. The Bertz CT molecular complexity index is 446. The number of hydrogen-bond acceptors (Lipinski definition) is 3. The third-order valence-electron chi connectivity index (χ3n) is 4.51. The van der Waals surface area contributed by atoms with Crippen LogP contribution < -0.4 is 5.32 Å². The lowest BCUT2D eigenvalue weighted by Gasteiger charge is -2.28. The third kappa shape index (κ3) is 3.21. The lowest BCUT2D eigenvalue weighted by molar-refractivity contribution is 0.234. The number of thioether (sulfide) groups is 1. The topological polar surface area (TPSA) is 15.3 Å². The molecule has 0 spiro atoms. The normalized spacial score (nSPS) is 26.4. The Hall–Kier alpha value is -0.510. The van der Waals surface area contributed by atoms with E-state index in [4.69, 9.17) is 0 Å². The van der Waals surface area contributed by atoms with E-state index < -0.39 is 0 Å². The molecule has 2 aliphatic heterocycles. The van der Waals surface area contributed by atoms with Crippen molar-refractivity contribution in [3.05, 3.63) is 29.8 Å². The molecule has 1 aromatic rings. The van der Waals surface area contributed by atoms with E-state index >= 15 is 0 Å². The van der Waals surface area contributed by atoms with Crippen molar-refractivity contribution in [2.75, 3.05) is 25.4 Å². The molecule has 0 saturated carbocycles. The first-order valence-corrected chi connectivity index (χ1v) is 8.91. The number of nitrogens with zero attached hydrogens (tertiary/aromatic N) is 1. The van der Waals surface area contributed by atoms with E-state index in [-0.39, 0.29) is 0 Å². The Morgan fingerprint density at radius 3 is 3.05 bits per heavy atom. The number of likely N-dealkylation sites (tertiary alicyclic amines) is 1. The number of hydrogen-bond donors (Lipinski definition) is 1. The SMILES string of the molecule is CC(C)NCC1CCCN1CC1CSc2ccccc21. The van der Waals surface area contributed by atoms with Crippen LogP contribution in [0.1, 0.15) is 38.2 Å². The summed E-state index contributed by atoms with van der Waals surface area (Å²) in [6, 6.07) is 10.3. The monoisotopic (exact) mass is 290 g/mol. The number of rotatable bonds is 5. The first-order chi connectivity index (χ1) is 9.74. The molecule has 1 saturated heterocycles. The van der Waals surface area contributed by atoms with Gasteiger partial charge in [-0.25, -0.2) is 0 Å². The van der Waals surface area contributed by atoms with Gasteiger partial charge in [-0.3, -0.25) is 4.90 Å². The van der Waals surface area contributed by atoms with Crippen molar-refractivity contribution < 1.29 is 0 Å². The standard InChI is InChI=1S/C17H26N2S/c1-13(2)18-10-15-6-5-9-19(15)11-14-12-20-17-8-4-3-7-16(14)17/h3-4,7-8,13-15,18H,5-6,9-12H2,1-2H3. The average Bonchev–Trinajstić information content (AvgIpc) is 3.05. The highest BCUT2D eigenvalue weighted by Gasteiger charge is 2.30. The van der Waals surface area contributed by atoms with Crippen LogP contribution in [-0.4, -0.2) is 42.4 Å². The van der Waals surface area contributed by atoms with E-state index in [1.807, 2.05) is 11.8 Å². The zero-order valence-corrected chi connectivity index (χ0v) is 13.5. The second-order valence-corrected chi connectivity index (χ2v) is 7.46. The summed E-state index contributed by atoms with van der Waals surface area (Å²) in [5.41, 5.74) is 1.58. The maximum atomic E-state index is 3.61. The maximum absolute atomic E-state index is 3.61. The Labute approximate surface area is 127 Å². The number of fused-ring (bicyclic) bond motifs is 1. The molecule has 0 bridgehead atoms. The first kappa shape index (κ1) is 14.4. The summed E-state index contributed by atoms with van der Waals surface area (Å²) in [6.45, 7) is 8.16. The van der Waals surface area contributed by atoms with Crippen LogP contribution in [0.2, 0.25) is 0 Å². The summed E-state index contributed by atoms with van der Waals surface area (Å²) in [5.74, 6) is 2.00. The van der Waals surface area contributed by atoms with Crippen LogP contribution in [0.3, 0.4) is 0 Å². The summed E-state index contributed by atoms with van der Waals surface area (Å²) < 4.78 is 0. The molecule has 2 atom stereocenters. The fourth-order valence-electron chi connectivity index (χ4n) is 3.40. The molecule has 0 aliphatic carbocycles. The van der Waals surface area contributed by atoms with Gasteiger partial charge in [0.1, 0.15) is 0 Å². The summed E-state index contributed by atoms with van der Waals surface area (Å²) >= 11 is 2.04. The molecule has 2 aliphatic rings. The van der Waals surface area contributed by atoms with E-state index in [2.05, 4.69) is 48.3 Å². The van der Waals surface area contributed by atoms with Crippen molar-refractivity contribution >= 4 is 11.8 Å². The smallest absolute Gasteiger partial charge is 0.0221 e. The van der Waals surface area contributed by atoms with Crippen LogP contribution >= 0.6 is 11.8 Å². The highest BCUT2D eigenvalue weighted by molar-refractivity contribution is 7.99. The minimum Gasteiger partial charge on any atom is -0.313 e. The predicted molar refractivity (Wildman–Crippen MR) is 87.6 cm³/mol. The molecule has 110 valence electrons. The molecule has 1 aromatic carbocycles. The van der Waals surface area contributed by atoms with Crippen LogP contribution in [-0.2, 0) is 0 Å². The van der Waals surface area contributed by atoms with Gasteiger partial charge in [0, 0.05) is 41.7 Å². The lowest BCUT2D eigenvalue weighted by atomic mass is 10.0. The molecule has 0 radical (unpaired) electrons. The summed E-state index contributed by atoms with van der Waals surface area (Å²) in [5, 5.41) is 3.61. The molecular formula is C17H26N2S. The highest BCUT2D eigenvalue weighted by atomic mass is 32.2. The average molecular weight is 290 g/mol. The van der Waals surface area contributed by atoms with Gasteiger partial charge in [-0.2, -0.15) is 0 Å². The maximum Gasteiger partial charge on any atom is 0.0221 e. The zero-order valence-electron chi connectivity index (χ0n) is 12.6. The van der Waals surface area contributed by atoms with Crippen LogP contribution in [0.25, 0.3) is 0 Å². The molecule has 0 amide bonds. The second kappa shape index (κ2) is 6.50. The predicted octanol–water partition coefficient (Wildman–Crippen LogP) is 3.34. The molecular weight excluding hydrogens is 264 g/mol. The van der Waals surface area contributed by atoms with Gasteiger partial charge < -0.3 is 5.32 Å². The van der Waals surface area contributed by atoms with Gasteiger partial charge in [-0.15, -0.1) is 11.8 Å². The van der Waals surface area contributed by atoms with Gasteiger partial charge >= 0.3 is 0 Å². The van der Waals surface area contributed by atoms with Gasteiger partial charge in [0.2, 0.25) is 0 Å². The molecule has 1 fully saturated rings. The van der Waals surface area contributed by atoms with E-state index in [9.17, 15) is 0 Å². The second-order valence-electron chi connectivity index (χ2n) is 6.40. The summed E-state index contributed by atoms with van der Waals surface area (Å²) in [6.07, 6.45) is 2.73. The van der Waals surface area contributed by atoms with Gasteiger partial charge in [0.05, 0.1) is 0 Å². The summed E-state index contributed by atoms with van der Waals surface area (Å²) in [4.78, 5) is 4.23. The van der Waals surface area contributed by atoms with Crippen molar-refractivity contribution in [2.24, 2.45) is 0 Å². The Kier molecular flexibility index (Phi) is 4.69. The molecule has 2 heterocycles. The highest BCUT2D eigenvalue weighted by Crippen LogP contribution is 2.40. The Balaban J connectivity index is 1.60. The van der Waals surface area contributed by atoms with Crippen LogP contribution in [0.15, 0.2) is 29.2 Å². The van der Waals surface area contributed by atoms with E-state index in [0.29, 0.717) is 6.04 Å². The Morgan fingerprint density at radius 1 is 1.35 bits per heavy atom. The van der Waals surface area contributed by atoms with Crippen LogP contribution in [0.4, 0.5) is 0 Å². The molecule has 3 heteroatoms. The molecule has 2 unspecified atom stereocenters. The quantitative estimate of drug-likeness (QED) is 0.895. The van der Waals surface area contributed by atoms with Crippen molar-refractivity contribution in [1.29, 1.82) is 0 Å². The van der Waals surface area contributed by atoms with Crippen LogP contribution in [0, 0.1) is 0 Å². The molecule has 2 nitrogen and oxygen atoms in total. The van der Waals surface area contributed by atoms with Crippen molar-refractivity contribution in [2.45, 2.75) is 49.6 Å². The third-order valence-corrected chi connectivity index (χ3v) is 5.77. The Morgan fingerprint density at radius 2 is 2.20 bits per heavy atom.